The predicted molar refractivity (Wildman–Crippen MR) is 147 cm³/mol. The van der Waals surface area contributed by atoms with E-state index >= 15 is 0 Å². The molecule has 0 aliphatic rings. The number of benzene rings is 3. The Balaban J connectivity index is 1.72. The lowest BCUT2D eigenvalue weighted by atomic mass is 10.0. The molecular weight excluding hydrogens is 493 g/mol. The first-order chi connectivity index (χ1) is 17.4. The molecule has 0 atom stereocenters. The Morgan fingerprint density at radius 2 is 1.94 bits per heavy atom. The van der Waals surface area contributed by atoms with Crippen LogP contribution in [0.15, 0.2) is 61.2 Å². The van der Waals surface area contributed by atoms with Crippen LogP contribution in [0.5, 0.6) is 11.5 Å². The van der Waals surface area contributed by atoms with E-state index in [-0.39, 0.29) is 6.61 Å². The normalized spacial score (nSPS) is 11.4. The van der Waals surface area contributed by atoms with Crippen molar-refractivity contribution in [2.24, 2.45) is 0 Å². The molecule has 0 spiro atoms. The smallest absolute Gasteiger partial charge is 0.165 e. The van der Waals surface area contributed by atoms with Crippen LogP contribution in [-0.2, 0) is 13.0 Å². The van der Waals surface area contributed by atoms with Crippen molar-refractivity contribution in [1.82, 2.24) is 9.97 Å². The zero-order valence-electron chi connectivity index (χ0n) is 20.1. The molecule has 0 saturated carbocycles. The molecule has 5 nitrogen and oxygen atoms in total. The van der Waals surface area contributed by atoms with Gasteiger partial charge in [-0.05, 0) is 73.9 Å². The van der Waals surface area contributed by atoms with Crippen molar-refractivity contribution in [2.75, 3.05) is 6.61 Å². The number of fused-ring (bicyclic) bond motifs is 1. The third kappa shape index (κ3) is 5.73. The highest BCUT2D eigenvalue weighted by Gasteiger charge is 2.15. The number of ether oxygens (including phenoxy) is 2. The van der Waals surface area contributed by atoms with Crippen LogP contribution in [0.25, 0.3) is 22.7 Å². The van der Waals surface area contributed by atoms with Gasteiger partial charge in [-0.25, -0.2) is 4.98 Å². The maximum atomic E-state index is 9.90. The molecule has 7 heteroatoms. The van der Waals surface area contributed by atoms with E-state index in [1.165, 1.54) is 0 Å². The number of imidazole rings is 1. The third-order valence-corrected chi connectivity index (χ3v) is 6.12. The van der Waals surface area contributed by atoms with Crippen LogP contribution in [0.4, 0.5) is 0 Å². The van der Waals surface area contributed by atoms with Gasteiger partial charge in [-0.15, -0.1) is 6.58 Å². The molecule has 182 valence electrons. The summed E-state index contributed by atoms with van der Waals surface area (Å²) in [6, 6.07) is 17.3. The van der Waals surface area contributed by atoms with Crippen molar-refractivity contribution in [1.29, 1.82) is 5.26 Å². The monoisotopic (exact) mass is 517 g/mol. The lowest BCUT2D eigenvalue weighted by Crippen LogP contribution is -2.04. The first-order valence-electron chi connectivity index (χ1n) is 11.5. The minimum Gasteiger partial charge on any atom is -0.490 e. The summed E-state index contributed by atoms with van der Waals surface area (Å²) < 4.78 is 12.1. The van der Waals surface area contributed by atoms with Gasteiger partial charge in [-0.1, -0.05) is 41.4 Å². The summed E-state index contributed by atoms with van der Waals surface area (Å²) >= 11 is 12.4. The fourth-order valence-electron chi connectivity index (χ4n) is 3.86. The minimum atomic E-state index is 0.247. The summed E-state index contributed by atoms with van der Waals surface area (Å²) in [7, 11) is 0. The molecule has 1 aromatic heterocycles. The fourth-order valence-corrected chi connectivity index (χ4v) is 4.32. The number of allylic oxidation sites excluding steroid dienone is 2. The van der Waals surface area contributed by atoms with Crippen LogP contribution in [0.2, 0.25) is 10.0 Å². The largest absolute Gasteiger partial charge is 0.490 e. The van der Waals surface area contributed by atoms with Crippen LogP contribution in [0, 0.1) is 18.3 Å². The van der Waals surface area contributed by atoms with Gasteiger partial charge in [-0.3, -0.25) is 0 Å². The van der Waals surface area contributed by atoms with E-state index in [2.05, 4.69) is 22.6 Å². The van der Waals surface area contributed by atoms with Crippen LogP contribution < -0.4 is 9.47 Å². The van der Waals surface area contributed by atoms with Crippen LogP contribution >= 0.6 is 23.2 Å². The number of H-pyrrole nitrogens is 1. The van der Waals surface area contributed by atoms with Crippen molar-refractivity contribution < 1.29 is 9.47 Å². The quantitative estimate of drug-likeness (QED) is 0.180. The third-order valence-electron chi connectivity index (χ3n) is 5.53. The summed E-state index contributed by atoms with van der Waals surface area (Å²) in [6.07, 6.45) is 4.14. The number of hydrogen-bond acceptors (Lipinski definition) is 4. The topological polar surface area (TPSA) is 70.9 Å². The van der Waals surface area contributed by atoms with Gasteiger partial charge in [0.2, 0.25) is 0 Å². The molecule has 0 saturated heterocycles. The number of aromatic nitrogens is 2. The number of rotatable bonds is 9. The maximum Gasteiger partial charge on any atom is 0.165 e. The Kier molecular flexibility index (Phi) is 8.00. The first kappa shape index (κ1) is 25.4. The molecule has 0 amide bonds. The Labute approximate surface area is 220 Å². The molecule has 1 N–H and O–H groups in total. The highest BCUT2D eigenvalue weighted by molar-refractivity contribution is 6.35. The van der Waals surface area contributed by atoms with E-state index in [1.54, 1.807) is 24.3 Å². The average Bonchev–Trinajstić information content (AvgIpc) is 3.26. The molecule has 4 rings (SSSR count). The summed E-state index contributed by atoms with van der Waals surface area (Å²) in [4.78, 5) is 7.84. The summed E-state index contributed by atoms with van der Waals surface area (Å²) in [5.74, 6) is 1.70. The summed E-state index contributed by atoms with van der Waals surface area (Å²) in [5.41, 5.74) is 5.71. The van der Waals surface area contributed by atoms with Crippen molar-refractivity contribution in [3.8, 4) is 17.6 Å². The number of nitrogens with one attached hydrogen (secondary N) is 1. The lowest BCUT2D eigenvalue weighted by Gasteiger charge is -2.17. The summed E-state index contributed by atoms with van der Waals surface area (Å²) in [5, 5.41) is 11.0. The molecule has 3 aromatic carbocycles. The molecule has 4 aromatic rings. The minimum absolute atomic E-state index is 0.247. The van der Waals surface area contributed by atoms with Crippen LogP contribution in [-0.4, -0.2) is 16.6 Å². The van der Waals surface area contributed by atoms with E-state index in [1.807, 2.05) is 50.2 Å². The maximum absolute atomic E-state index is 9.90. The van der Waals surface area contributed by atoms with Crippen LogP contribution in [0.3, 0.4) is 0 Å². The SMILES string of the molecule is C=CCc1cc(/C=C(/C#N)c2nc3ccc(C)cc3[nH]2)cc(OCC)c1OCc1ccc(Cl)cc1Cl. The molecule has 36 heavy (non-hydrogen) atoms. The Bertz CT molecular complexity index is 1500. The lowest BCUT2D eigenvalue weighted by molar-refractivity contribution is 0.267. The van der Waals surface area contributed by atoms with Crippen molar-refractivity contribution in [2.45, 2.75) is 26.9 Å². The van der Waals surface area contributed by atoms with E-state index in [4.69, 9.17) is 32.7 Å². The van der Waals surface area contributed by atoms with Crippen LogP contribution in [0.1, 0.15) is 35.0 Å². The Morgan fingerprint density at radius 3 is 2.67 bits per heavy atom. The molecule has 1 heterocycles. The average molecular weight is 518 g/mol. The van der Waals surface area contributed by atoms with Gasteiger partial charge in [0.1, 0.15) is 18.5 Å². The van der Waals surface area contributed by atoms with Gasteiger partial charge >= 0.3 is 0 Å². The standard InChI is InChI=1S/C29H25Cl2N3O2/c1-4-6-20-12-19(13-22(16-32)29-33-25-10-7-18(3)11-26(25)34-29)14-27(35-5-2)28(20)36-17-21-8-9-23(30)15-24(21)31/h4,7-15H,1,5-6,17H2,2-3H3,(H,33,34)/b22-13-. The number of hydrogen-bond donors (Lipinski definition) is 1. The summed E-state index contributed by atoms with van der Waals surface area (Å²) in [6.45, 7) is 8.51. The van der Waals surface area contributed by atoms with Crippen molar-refractivity contribution in [3.63, 3.8) is 0 Å². The zero-order chi connectivity index (χ0) is 25.7. The highest BCUT2D eigenvalue weighted by Crippen LogP contribution is 2.36. The number of halogens is 2. The molecule has 0 radical (unpaired) electrons. The van der Waals surface area contributed by atoms with Crippen molar-refractivity contribution >= 4 is 45.9 Å². The van der Waals surface area contributed by atoms with Gasteiger partial charge in [0.05, 0.1) is 23.2 Å². The predicted octanol–water partition coefficient (Wildman–Crippen LogP) is 7.95. The van der Waals surface area contributed by atoms with Gasteiger partial charge in [0, 0.05) is 21.2 Å². The molecule has 0 aliphatic carbocycles. The van der Waals surface area contributed by atoms with Gasteiger partial charge in [0.15, 0.2) is 11.5 Å². The van der Waals surface area contributed by atoms with Crippen molar-refractivity contribution in [3.05, 3.63) is 99.3 Å². The van der Waals surface area contributed by atoms with E-state index in [0.717, 1.165) is 33.3 Å². The molecular formula is C29H25Cl2N3O2. The van der Waals surface area contributed by atoms with Gasteiger partial charge in [-0.2, -0.15) is 5.26 Å². The number of aromatic amines is 1. The fraction of sp³-hybridized carbons (Fsp3) is 0.172. The second-order valence-corrected chi connectivity index (χ2v) is 9.08. The van der Waals surface area contributed by atoms with E-state index in [9.17, 15) is 5.26 Å². The van der Waals surface area contributed by atoms with Gasteiger partial charge in [0.25, 0.3) is 0 Å². The first-order valence-corrected chi connectivity index (χ1v) is 12.2. The molecule has 0 fully saturated rings. The van der Waals surface area contributed by atoms with Gasteiger partial charge < -0.3 is 14.5 Å². The molecule has 0 bridgehead atoms. The molecule has 0 aliphatic heterocycles. The second-order valence-electron chi connectivity index (χ2n) is 8.23. The number of aryl methyl sites for hydroxylation is 1. The van der Waals surface area contributed by atoms with E-state index < -0.39 is 0 Å². The second kappa shape index (κ2) is 11.3. The molecule has 0 unspecified atom stereocenters. The highest BCUT2D eigenvalue weighted by atomic mass is 35.5. The Hall–Kier alpha value is -3.72. The van der Waals surface area contributed by atoms with E-state index in [0.29, 0.717) is 46.0 Å². The Morgan fingerprint density at radius 1 is 1.11 bits per heavy atom. The number of nitriles is 1. The zero-order valence-corrected chi connectivity index (χ0v) is 21.6. The number of nitrogens with zero attached hydrogens (tertiary/aromatic N) is 2.